The van der Waals surface area contributed by atoms with E-state index >= 15 is 0 Å². The van der Waals surface area contributed by atoms with Crippen molar-refractivity contribution in [3.63, 3.8) is 0 Å². The van der Waals surface area contributed by atoms with E-state index in [4.69, 9.17) is 18.9 Å². The molecule has 1 amide bonds. The summed E-state index contributed by atoms with van der Waals surface area (Å²) in [6.45, 7) is 7.44. The predicted molar refractivity (Wildman–Crippen MR) is 170 cm³/mol. The van der Waals surface area contributed by atoms with Crippen LogP contribution in [0.2, 0.25) is 0 Å². The van der Waals surface area contributed by atoms with Crippen LogP contribution in [0.25, 0.3) is 0 Å². The second-order valence-corrected chi connectivity index (χ2v) is 12.3. The van der Waals surface area contributed by atoms with Gasteiger partial charge in [0.05, 0.1) is 26.9 Å². The molecule has 1 unspecified atom stereocenters. The number of carbonyl (C=O) groups is 3. The van der Waals surface area contributed by atoms with Gasteiger partial charge < -0.3 is 28.8 Å². The molecule has 0 radical (unpaired) electrons. The zero-order chi connectivity index (χ0) is 32.7. The van der Waals surface area contributed by atoms with Crippen LogP contribution in [-0.2, 0) is 20.6 Å². The molecule has 10 heteroatoms. The van der Waals surface area contributed by atoms with Gasteiger partial charge in [-0.3, -0.25) is 4.79 Å². The molecule has 0 spiro atoms. The predicted octanol–water partition coefficient (Wildman–Crippen LogP) is 6.04. The molecule has 45 heavy (non-hydrogen) atoms. The Balaban J connectivity index is 2.04. The highest BCUT2D eigenvalue weighted by molar-refractivity contribution is 5.94. The first-order valence-electron chi connectivity index (χ1n) is 15.5. The van der Waals surface area contributed by atoms with Crippen LogP contribution in [0.1, 0.15) is 104 Å². The molecule has 2 aliphatic carbocycles. The van der Waals surface area contributed by atoms with Gasteiger partial charge in [0.1, 0.15) is 11.2 Å². The number of nitrogens with one attached hydrogen (secondary N) is 1. The van der Waals surface area contributed by atoms with Crippen LogP contribution in [0.15, 0.2) is 58.6 Å². The fourth-order valence-corrected chi connectivity index (χ4v) is 6.05. The van der Waals surface area contributed by atoms with E-state index in [9.17, 15) is 19.2 Å². The van der Waals surface area contributed by atoms with Gasteiger partial charge in [0.15, 0.2) is 11.4 Å². The van der Waals surface area contributed by atoms with Crippen molar-refractivity contribution in [3.05, 3.63) is 86.4 Å². The number of benzene rings is 1. The summed E-state index contributed by atoms with van der Waals surface area (Å²) in [6.07, 6.45) is 9.65. The van der Waals surface area contributed by atoms with Crippen molar-refractivity contribution in [3.8, 4) is 5.75 Å². The molecule has 0 fully saturated rings. The SMILES string of the molecule is CCCCOc1c(C(=O)OC)n([C@H](CNC(=O)OC(C)(C)C)C2C3=C(C=CCC3)CCc3ccccc32)cc(C(=O)OC)c1=O. The molecule has 1 N–H and O–H groups in total. The number of nitrogens with zero attached hydrogens (tertiary/aromatic N) is 1. The Morgan fingerprint density at radius 1 is 1.04 bits per heavy atom. The van der Waals surface area contributed by atoms with Gasteiger partial charge in [0, 0.05) is 18.7 Å². The highest BCUT2D eigenvalue weighted by Gasteiger charge is 2.38. The quantitative estimate of drug-likeness (QED) is 0.194. The summed E-state index contributed by atoms with van der Waals surface area (Å²) in [4.78, 5) is 53.4. The van der Waals surface area contributed by atoms with Gasteiger partial charge in [-0.15, -0.1) is 0 Å². The number of ether oxygens (including phenoxy) is 4. The van der Waals surface area contributed by atoms with Crippen molar-refractivity contribution in [1.82, 2.24) is 9.88 Å². The molecule has 2 aliphatic rings. The number of allylic oxidation sites excluding steroid dienone is 4. The largest absolute Gasteiger partial charge is 0.487 e. The molecule has 1 heterocycles. The number of methoxy groups -OCH3 is 2. The topological polar surface area (TPSA) is 122 Å². The molecule has 2 atom stereocenters. The Morgan fingerprint density at radius 3 is 2.47 bits per heavy atom. The molecule has 2 aromatic rings. The molecule has 242 valence electrons. The van der Waals surface area contributed by atoms with Gasteiger partial charge in [-0.25, -0.2) is 14.4 Å². The molecule has 1 aromatic carbocycles. The lowest BCUT2D eigenvalue weighted by molar-refractivity contribution is 0.0514. The number of esters is 2. The molecule has 0 saturated heterocycles. The van der Waals surface area contributed by atoms with Crippen LogP contribution in [0.3, 0.4) is 0 Å². The Labute approximate surface area is 264 Å². The zero-order valence-electron chi connectivity index (χ0n) is 27.1. The van der Waals surface area contributed by atoms with Crippen molar-refractivity contribution < 1.29 is 33.3 Å². The van der Waals surface area contributed by atoms with Gasteiger partial charge >= 0.3 is 18.0 Å². The average molecular weight is 621 g/mol. The maximum absolute atomic E-state index is 13.7. The number of fused-ring (bicyclic) bond motifs is 1. The molecule has 0 aliphatic heterocycles. The van der Waals surface area contributed by atoms with Gasteiger partial charge in [-0.05, 0) is 69.6 Å². The second-order valence-electron chi connectivity index (χ2n) is 12.3. The summed E-state index contributed by atoms with van der Waals surface area (Å²) in [5, 5.41) is 2.91. The summed E-state index contributed by atoms with van der Waals surface area (Å²) >= 11 is 0. The van der Waals surface area contributed by atoms with E-state index in [1.807, 2.05) is 19.1 Å². The van der Waals surface area contributed by atoms with E-state index < -0.39 is 35.1 Å². The maximum Gasteiger partial charge on any atom is 0.407 e. The smallest absolute Gasteiger partial charge is 0.407 e. The molecule has 1 aromatic heterocycles. The second kappa shape index (κ2) is 14.6. The first kappa shape index (κ1) is 33.6. The monoisotopic (exact) mass is 620 g/mol. The van der Waals surface area contributed by atoms with E-state index in [0.29, 0.717) is 6.42 Å². The number of hydrogen-bond acceptors (Lipinski definition) is 8. The third-order valence-corrected chi connectivity index (χ3v) is 8.06. The minimum atomic E-state index is -0.869. The molecule has 0 bridgehead atoms. The van der Waals surface area contributed by atoms with Gasteiger partial charge in [-0.1, -0.05) is 55.3 Å². The van der Waals surface area contributed by atoms with Crippen molar-refractivity contribution in [2.45, 2.75) is 83.8 Å². The number of unbranched alkanes of at least 4 members (excludes halogenated alkanes) is 1. The number of alkyl carbamates (subject to hydrolysis) is 1. The summed E-state index contributed by atoms with van der Waals surface area (Å²) in [7, 11) is 2.41. The summed E-state index contributed by atoms with van der Waals surface area (Å²) in [5.41, 5.74) is 2.59. The van der Waals surface area contributed by atoms with E-state index in [-0.39, 0.29) is 36.1 Å². The van der Waals surface area contributed by atoms with E-state index in [1.165, 1.54) is 31.6 Å². The van der Waals surface area contributed by atoms with Crippen LogP contribution in [0, 0.1) is 0 Å². The third-order valence-electron chi connectivity index (χ3n) is 8.06. The number of amides is 1. The lowest BCUT2D eigenvalue weighted by Crippen LogP contribution is -2.40. The average Bonchev–Trinajstić information content (AvgIpc) is 3.18. The van der Waals surface area contributed by atoms with Crippen LogP contribution in [0.4, 0.5) is 4.79 Å². The Bertz CT molecular complexity index is 1550. The van der Waals surface area contributed by atoms with Crippen LogP contribution in [0.5, 0.6) is 5.75 Å². The summed E-state index contributed by atoms with van der Waals surface area (Å²) in [6, 6.07) is 7.42. The molecule has 10 nitrogen and oxygen atoms in total. The number of carbonyl (C=O) groups excluding carboxylic acids is 3. The van der Waals surface area contributed by atoms with Crippen molar-refractivity contribution in [1.29, 1.82) is 0 Å². The molecular weight excluding hydrogens is 576 g/mol. The Morgan fingerprint density at radius 2 is 1.78 bits per heavy atom. The van der Waals surface area contributed by atoms with E-state index in [0.717, 1.165) is 43.2 Å². The lowest BCUT2D eigenvalue weighted by atomic mass is 9.78. The third kappa shape index (κ3) is 7.67. The minimum Gasteiger partial charge on any atom is -0.487 e. The zero-order valence-corrected chi connectivity index (χ0v) is 27.1. The fourth-order valence-electron chi connectivity index (χ4n) is 6.05. The van der Waals surface area contributed by atoms with E-state index in [1.54, 1.807) is 25.3 Å². The van der Waals surface area contributed by atoms with Crippen LogP contribution < -0.4 is 15.5 Å². The van der Waals surface area contributed by atoms with Gasteiger partial charge in [0.2, 0.25) is 5.43 Å². The highest BCUT2D eigenvalue weighted by atomic mass is 16.6. The molecule has 0 saturated carbocycles. The first-order chi connectivity index (χ1) is 21.5. The number of aromatic nitrogens is 1. The lowest BCUT2D eigenvalue weighted by Gasteiger charge is -2.35. The maximum atomic E-state index is 13.7. The number of rotatable bonds is 10. The number of pyridine rings is 1. The van der Waals surface area contributed by atoms with Gasteiger partial charge in [0.25, 0.3) is 0 Å². The molecular formula is C35H44N2O8. The fraction of sp³-hybridized carbons (Fsp3) is 0.486. The highest BCUT2D eigenvalue weighted by Crippen LogP contribution is 2.46. The van der Waals surface area contributed by atoms with Crippen molar-refractivity contribution in [2.24, 2.45) is 0 Å². The minimum absolute atomic E-state index is 0.00368. The van der Waals surface area contributed by atoms with Crippen LogP contribution in [-0.4, -0.2) is 55.6 Å². The Hall–Kier alpha value is -4.34. The number of aryl methyl sites for hydroxylation is 1. The van der Waals surface area contributed by atoms with E-state index in [2.05, 4.69) is 29.6 Å². The standard InChI is InChI=1S/C35H44N2O8/c1-7-8-19-44-31-29(33(40)43-6)37(21-26(30(31)38)32(39)42-5)27(20-36-34(41)45-35(2,3)4)28-24-15-11-9-13-22(24)17-18-23-14-10-12-16-25(23)28/h9-11,13-15,21,27-28H,7-8,12,16-20H2,1-6H3,(H,36,41)/t27-,28?/m1/s1. The normalized spacial score (nSPS) is 16.5. The van der Waals surface area contributed by atoms with Gasteiger partial charge in [-0.2, -0.15) is 0 Å². The van der Waals surface area contributed by atoms with Crippen LogP contribution >= 0.6 is 0 Å². The van der Waals surface area contributed by atoms with Crippen molar-refractivity contribution in [2.75, 3.05) is 27.4 Å². The molecule has 4 rings (SSSR count). The van der Waals surface area contributed by atoms with Crippen molar-refractivity contribution >= 4 is 18.0 Å². The summed E-state index contributed by atoms with van der Waals surface area (Å²) in [5.74, 6) is -2.32. The summed E-state index contributed by atoms with van der Waals surface area (Å²) < 4.78 is 23.3. The number of hydrogen-bond donors (Lipinski definition) is 1. The Kier molecular flexibility index (Phi) is 10.9. The first-order valence-corrected chi connectivity index (χ1v) is 15.5.